The smallest absolute Gasteiger partial charge is 0.341 e. The van der Waals surface area contributed by atoms with Crippen LogP contribution in [0.15, 0.2) is 53.4 Å². The van der Waals surface area contributed by atoms with Crippen molar-refractivity contribution in [1.82, 2.24) is 0 Å². The van der Waals surface area contributed by atoms with Gasteiger partial charge in [0.05, 0.1) is 12.2 Å². The Labute approximate surface area is 154 Å². The van der Waals surface area contributed by atoms with Gasteiger partial charge in [-0.3, -0.25) is 4.79 Å². The molecule has 0 saturated carbocycles. The van der Waals surface area contributed by atoms with E-state index in [1.54, 1.807) is 13.0 Å². The van der Waals surface area contributed by atoms with E-state index in [4.69, 9.17) is 4.74 Å². The van der Waals surface area contributed by atoms with Gasteiger partial charge in [0.2, 0.25) is 0 Å². The monoisotopic (exact) mass is 371 g/mol. The molecule has 1 amide bonds. The molecule has 0 atom stereocenters. The third-order valence-electron chi connectivity index (χ3n) is 3.65. The molecule has 4 nitrogen and oxygen atoms in total. The molecular weight excluding hydrogens is 354 g/mol. The second kappa shape index (κ2) is 7.72. The van der Waals surface area contributed by atoms with E-state index in [2.05, 4.69) is 5.32 Å². The maximum atomic E-state index is 12.7. The molecule has 25 heavy (non-hydrogen) atoms. The van der Waals surface area contributed by atoms with Gasteiger partial charge in [-0.2, -0.15) is 0 Å². The Morgan fingerprint density at radius 3 is 2.60 bits per heavy atom. The molecule has 1 N–H and O–H groups in total. The SMILES string of the molecule is CCOC(=O)c1c(NC(=O)c2ccccc2SC)sc2ccccc12. The predicted octanol–water partition coefficient (Wildman–Crippen LogP) is 5.05. The number of nitrogens with one attached hydrogen (secondary N) is 1. The van der Waals surface area contributed by atoms with E-state index in [0.717, 1.165) is 15.0 Å². The first kappa shape index (κ1) is 17.5. The molecule has 128 valence electrons. The molecule has 0 aliphatic carbocycles. The number of benzene rings is 2. The summed E-state index contributed by atoms with van der Waals surface area (Å²) in [4.78, 5) is 26.0. The number of esters is 1. The third-order valence-corrected chi connectivity index (χ3v) is 5.54. The number of fused-ring (bicyclic) bond motifs is 1. The third kappa shape index (κ3) is 3.55. The minimum absolute atomic E-state index is 0.234. The lowest BCUT2D eigenvalue weighted by Crippen LogP contribution is -2.15. The Balaban J connectivity index is 2.02. The molecule has 6 heteroatoms. The largest absolute Gasteiger partial charge is 0.462 e. The number of ether oxygens (including phenoxy) is 1. The Kier molecular flexibility index (Phi) is 5.40. The number of anilines is 1. The van der Waals surface area contributed by atoms with Gasteiger partial charge in [-0.05, 0) is 31.4 Å². The van der Waals surface area contributed by atoms with Crippen LogP contribution in [0.25, 0.3) is 10.1 Å². The summed E-state index contributed by atoms with van der Waals surface area (Å²) in [6.07, 6.45) is 1.93. The molecule has 0 saturated heterocycles. The van der Waals surface area contributed by atoms with Crippen molar-refractivity contribution in [3.8, 4) is 0 Å². The topological polar surface area (TPSA) is 55.4 Å². The van der Waals surface area contributed by atoms with Gasteiger partial charge >= 0.3 is 5.97 Å². The summed E-state index contributed by atoms with van der Waals surface area (Å²) in [5.74, 6) is -0.657. The summed E-state index contributed by atoms with van der Waals surface area (Å²) in [5, 5.41) is 4.20. The van der Waals surface area contributed by atoms with E-state index in [-0.39, 0.29) is 12.5 Å². The summed E-state index contributed by atoms with van der Waals surface area (Å²) >= 11 is 2.88. The lowest BCUT2D eigenvalue weighted by atomic mass is 10.1. The maximum absolute atomic E-state index is 12.7. The van der Waals surface area contributed by atoms with Crippen molar-refractivity contribution in [2.45, 2.75) is 11.8 Å². The molecule has 0 bridgehead atoms. The first-order chi connectivity index (χ1) is 12.2. The van der Waals surface area contributed by atoms with Crippen molar-refractivity contribution in [3.05, 3.63) is 59.7 Å². The predicted molar refractivity (Wildman–Crippen MR) is 104 cm³/mol. The van der Waals surface area contributed by atoms with Gasteiger partial charge in [0.15, 0.2) is 0 Å². The molecule has 0 radical (unpaired) electrons. The molecule has 0 aliphatic rings. The molecule has 0 fully saturated rings. The van der Waals surface area contributed by atoms with Gasteiger partial charge in [-0.15, -0.1) is 23.1 Å². The van der Waals surface area contributed by atoms with Crippen molar-refractivity contribution in [3.63, 3.8) is 0 Å². The first-order valence-corrected chi connectivity index (χ1v) is 9.82. The molecular formula is C19H17NO3S2. The second-order valence-corrected chi connectivity index (χ2v) is 7.08. The van der Waals surface area contributed by atoms with Gasteiger partial charge in [0, 0.05) is 15.0 Å². The Morgan fingerprint density at radius 1 is 1.12 bits per heavy atom. The molecule has 0 unspecified atom stereocenters. The Bertz CT molecular complexity index is 933. The van der Waals surface area contributed by atoms with E-state index in [0.29, 0.717) is 16.1 Å². The average Bonchev–Trinajstić information content (AvgIpc) is 2.99. The van der Waals surface area contributed by atoms with Crippen LogP contribution in [0.2, 0.25) is 0 Å². The highest BCUT2D eigenvalue weighted by Crippen LogP contribution is 2.36. The average molecular weight is 371 g/mol. The first-order valence-electron chi connectivity index (χ1n) is 7.78. The minimum atomic E-state index is -0.423. The quantitative estimate of drug-likeness (QED) is 0.503. The second-order valence-electron chi connectivity index (χ2n) is 5.18. The molecule has 3 rings (SSSR count). The minimum Gasteiger partial charge on any atom is -0.462 e. The van der Waals surface area contributed by atoms with Crippen LogP contribution in [0.5, 0.6) is 0 Å². The van der Waals surface area contributed by atoms with Crippen LogP contribution in [0, 0.1) is 0 Å². The van der Waals surface area contributed by atoms with Crippen molar-refractivity contribution in [1.29, 1.82) is 0 Å². The molecule has 0 spiro atoms. The van der Waals surface area contributed by atoms with E-state index >= 15 is 0 Å². The summed E-state index contributed by atoms with van der Waals surface area (Å²) < 4.78 is 6.11. The summed E-state index contributed by atoms with van der Waals surface area (Å²) in [5.41, 5.74) is 1.000. The Hall–Kier alpha value is -2.31. The zero-order valence-electron chi connectivity index (χ0n) is 13.9. The Morgan fingerprint density at radius 2 is 1.84 bits per heavy atom. The van der Waals surface area contributed by atoms with E-state index in [1.165, 1.54) is 23.1 Å². The van der Waals surface area contributed by atoms with Crippen LogP contribution in [0.1, 0.15) is 27.6 Å². The van der Waals surface area contributed by atoms with Crippen LogP contribution in [-0.2, 0) is 4.74 Å². The molecule has 2 aromatic carbocycles. The normalized spacial score (nSPS) is 10.6. The highest BCUT2D eigenvalue weighted by molar-refractivity contribution is 7.98. The van der Waals surface area contributed by atoms with Crippen molar-refractivity contribution in [2.75, 3.05) is 18.2 Å². The molecule has 0 aliphatic heterocycles. The zero-order chi connectivity index (χ0) is 17.8. The lowest BCUT2D eigenvalue weighted by molar-refractivity contribution is 0.0530. The van der Waals surface area contributed by atoms with Gasteiger partial charge in [0.25, 0.3) is 5.91 Å². The van der Waals surface area contributed by atoms with Crippen LogP contribution in [0.3, 0.4) is 0 Å². The van der Waals surface area contributed by atoms with Crippen LogP contribution >= 0.6 is 23.1 Å². The fourth-order valence-electron chi connectivity index (χ4n) is 2.54. The number of hydrogen-bond donors (Lipinski definition) is 1. The van der Waals surface area contributed by atoms with Crippen molar-refractivity contribution >= 4 is 50.1 Å². The summed E-state index contributed by atoms with van der Waals surface area (Å²) in [6.45, 7) is 2.05. The fraction of sp³-hybridized carbons (Fsp3) is 0.158. The van der Waals surface area contributed by atoms with E-state index < -0.39 is 5.97 Å². The fourth-order valence-corrected chi connectivity index (χ4v) is 4.22. The van der Waals surface area contributed by atoms with Gasteiger partial charge in [-0.1, -0.05) is 30.3 Å². The molecule has 1 heterocycles. The lowest BCUT2D eigenvalue weighted by Gasteiger charge is -2.09. The van der Waals surface area contributed by atoms with Crippen LogP contribution in [-0.4, -0.2) is 24.7 Å². The van der Waals surface area contributed by atoms with E-state index in [1.807, 2.05) is 48.7 Å². The number of thiophene rings is 1. The molecule has 1 aromatic heterocycles. The van der Waals surface area contributed by atoms with Gasteiger partial charge in [-0.25, -0.2) is 4.79 Å². The number of thioether (sulfide) groups is 1. The highest BCUT2D eigenvalue weighted by Gasteiger charge is 2.22. The van der Waals surface area contributed by atoms with Crippen LogP contribution in [0.4, 0.5) is 5.00 Å². The maximum Gasteiger partial charge on any atom is 0.341 e. The zero-order valence-corrected chi connectivity index (χ0v) is 15.5. The van der Waals surface area contributed by atoms with Crippen molar-refractivity contribution in [2.24, 2.45) is 0 Å². The highest BCUT2D eigenvalue weighted by atomic mass is 32.2. The number of rotatable bonds is 5. The number of carbonyl (C=O) groups excluding carboxylic acids is 2. The number of carbonyl (C=O) groups is 2. The van der Waals surface area contributed by atoms with Gasteiger partial charge in [0.1, 0.15) is 10.6 Å². The van der Waals surface area contributed by atoms with Crippen LogP contribution < -0.4 is 5.32 Å². The van der Waals surface area contributed by atoms with Gasteiger partial charge < -0.3 is 10.1 Å². The number of amides is 1. The van der Waals surface area contributed by atoms with Crippen molar-refractivity contribution < 1.29 is 14.3 Å². The standard InChI is InChI=1S/C19H17NO3S2/c1-3-23-19(22)16-12-8-4-7-11-15(12)25-18(16)20-17(21)13-9-5-6-10-14(13)24-2/h4-11H,3H2,1-2H3,(H,20,21). The van der Waals surface area contributed by atoms with E-state index in [9.17, 15) is 9.59 Å². The molecule has 3 aromatic rings. The number of hydrogen-bond acceptors (Lipinski definition) is 5. The summed E-state index contributed by atoms with van der Waals surface area (Å²) in [7, 11) is 0. The summed E-state index contributed by atoms with van der Waals surface area (Å²) in [6, 6.07) is 15.0.